The summed E-state index contributed by atoms with van der Waals surface area (Å²) in [7, 11) is 0. The Morgan fingerprint density at radius 2 is 2.10 bits per heavy atom. The normalized spacial score (nSPS) is 11.5. The van der Waals surface area contributed by atoms with E-state index in [0.717, 1.165) is 0 Å². The van der Waals surface area contributed by atoms with Gasteiger partial charge in [-0.25, -0.2) is 0 Å². The quantitative estimate of drug-likeness (QED) is 0.269. The summed E-state index contributed by atoms with van der Waals surface area (Å²) in [6.45, 7) is 0.248. The van der Waals surface area contributed by atoms with Gasteiger partial charge in [0.1, 0.15) is 23.3 Å². The van der Waals surface area contributed by atoms with Crippen molar-refractivity contribution in [1.29, 1.82) is 0 Å². The Morgan fingerprint density at radius 3 is 2.77 bits per heavy atom. The summed E-state index contributed by atoms with van der Waals surface area (Å²) in [6.07, 6.45) is 2.51. The van der Waals surface area contributed by atoms with E-state index in [1.54, 1.807) is 36.5 Å². The fraction of sp³-hybridized carbons (Fsp3) is 0.150. The van der Waals surface area contributed by atoms with E-state index < -0.39 is 17.5 Å². The van der Waals surface area contributed by atoms with Gasteiger partial charge in [0.05, 0.1) is 6.04 Å². The van der Waals surface area contributed by atoms with Crippen molar-refractivity contribution in [1.82, 2.24) is 15.0 Å². The van der Waals surface area contributed by atoms with Crippen molar-refractivity contribution < 1.29 is 14.7 Å². The molecule has 1 amide bonds. The van der Waals surface area contributed by atoms with Crippen molar-refractivity contribution >= 4 is 29.6 Å². The molecule has 0 aliphatic heterocycles. The van der Waals surface area contributed by atoms with Gasteiger partial charge in [-0.05, 0) is 37.2 Å². The van der Waals surface area contributed by atoms with Gasteiger partial charge in [-0.3, -0.25) is 19.6 Å². The zero-order valence-corrected chi connectivity index (χ0v) is 16.3. The molecule has 0 aliphatic rings. The standard InChI is InChI=1S/C20H21N7O4/c21-7-6-13(10-28)25-20-26-18(15(17(22)30)19(31)27-20)24-12-4-1-3-11(9-12)16-14(29)5-2-8-23-16/h1-5,8-10,13,29H,6-7,21H2,(H2,22,30)(H3,24,25,26,27,31). The Labute approximate surface area is 176 Å². The summed E-state index contributed by atoms with van der Waals surface area (Å²) in [5.41, 5.74) is 11.1. The number of primary amides is 1. The second-order valence-electron chi connectivity index (χ2n) is 6.54. The third kappa shape index (κ3) is 5.03. The molecule has 31 heavy (non-hydrogen) atoms. The lowest BCUT2D eigenvalue weighted by Crippen LogP contribution is -2.30. The number of rotatable bonds is 9. The molecule has 8 N–H and O–H groups in total. The molecule has 3 aromatic rings. The Morgan fingerprint density at radius 1 is 1.29 bits per heavy atom. The van der Waals surface area contributed by atoms with Crippen LogP contribution in [0.15, 0.2) is 47.4 Å². The molecule has 160 valence electrons. The summed E-state index contributed by atoms with van der Waals surface area (Å²) < 4.78 is 0. The zero-order valence-electron chi connectivity index (χ0n) is 16.3. The van der Waals surface area contributed by atoms with Gasteiger partial charge in [0.25, 0.3) is 11.5 Å². The van der Waals surface area contributed by atoms with Crippen LogP contribution in [-0.4, -0.2) is 44.8 Å². The number of nitrogens with zero attached hydrogens (tertiary/aromatic N) is 2. The molecular weight excluding hydrogens is 402 g/mol. The fourth-order valence-electron chi connectivity index (χ4n) is 2.89. The van der Waals surface area contributed by atoms with Crippen LogP contribution < -0.4 is 27.7 Å². The Bertz CT molecular complexity index is 1160. The molecule has 11 heteroatoms. The van der Waals surface area contributed by atoms with Crippen LogP contribution in [0.5, 0.6) is 5.75 Å². The summed E-state index contributed by atoms with van der Waals surface area (Å²) in [5.74, 6) is -1.10. The van der Waals surface area contributed by atoms with Gasteiger partial charge < -0.3 is 32.0 Å². The first-order valence-electron chi connectivity index (χ1n) is 9.30. The molecule has 3 rings (SSSR count). The van der Waals surface area contributed by atoms with Crippen LogP contribution in [0.25, 0.3) is 11.3 Å². The first-order chi connectivity index (χ1) is 14.9. The minimum Gasteiger partial charge on any atom is -0.506 e. The molecule has 2 aromatic heterocycles. The predicted octanol–water partition coefficient (Wildman–Crippen LogP) is 0.708. The number of hydrogen-bond donors (Lipinski definition) is 6. The minimum absolute atomic E-state index is 0.00181. The predicted molar refractivity (Wildman–Crippen MR) is 115 cm³/mol. The molecule has 1 aromatic carbocycles. The highest BCUT2D eigenvalue weighted by Gasteiger charge is 2.18. The van der Waals surface area contributed by atoms with Crippen molar-refractivity contribution in [3.05, 3.63) is 58.5 Å². The molecule has 1 unspecified atom stereocenters. The molecule has 0 aliphatic carbocycles. The molecule has 11 nitrogen and oxygen atoms in total. The molecule has 0 radical (unpaired) electrons. The number of aromatic amines is 1. The molecule has 0 saturated heterocycles. The molecule has 0 saturated carbocycles. The summed E-state index contributed by atoms with van der Waals surface area (Å²) in [5, 5.41) is 15.7. The second kappa shape index (κ2) is 9.50. The lowest BCUT2D eigenvalue weighted by atomic mass is 10.1. The highest BCUT2D eigenvalue weighted by atomic mass is 16.3. The van der Waals surface area contributed by atoms with Gasteiger partial charge in [0.2, 0.25) is 5.95 Å². The smallest absolute Gasteiger partial charge is 0.267 e. The first-order valence-corrected chi connectivity index (χ1v) is 9.30. The van der Waals surface area contributed by atoms with E-state index in [1.807, 2.05) is 0 Å². The molecule has 0 spiro atoms. The van der Waals surface area contributed by atoms with Crippen molar-refractivity contribution in [3.8, 4) is 17.0 Å². The molecule has 0 fully saturated rings. The fourth-order valence-corrected chi connectivity index (χ4v) is 2.89. The molecule has 1 atom stereocenters. The van der Waals surface area contributed by atoms with Gasteiger partial charge >= 0.3 is 0 Å². The van der Waals surface area contributed by atoms with E-state index in [4.69, 9.17) is 11.5 Å². The average molecular weight is 423 g/mol. The molecule has 0 bridgehead atoms. The number of pyridine rings is 1. The number of nitrogens with one attached hydrogen (secondary N) is 3. The van der Waals surface area contributed by atoms with Gasteiger partial charge in [-0.15, -0.1) is 0 Å². The average Bonchev–Trinajstić information content (AvgIpc) is 2.73. The van der Waals surface area contributed by atoms with Gasteiger partial charge in [0.15, 0.2) is 5.82 Å². The second-order valence-corrected chi connectivity index (χ2v) is 6.54. The van der Waals surface area contributed by atoms with Crippen molar-refractivity contribution in [2.75, 3.05) is 17.2 Å². The number of benzene rings is 1. The van der Waals surface area contributed by atoms with Gasteiger partial charge in [0, 0.05) is 17.4 Å². The maximum absolute atomic E-state index is 12.4. The van der Waals surface area contributed by atoms with Crippen LogP contribution in [0.2, 0.25) is 0 Å². The van der Waals surface area contributed by atoms with Gasteiger partial charge in [-0.2, -0.15) is 4.98 Å². The van der Waals surface area contributed by atoms with Crippen LogP contribution >= 0.6 is 0 Å². The number of carbonyl (C=O) groups is 2. The number of aromatic hydroxyl groups is 1. The van der Waals surface area contributed by atoms with E-state index >= 15 is 0 Å². The van der Waals surface area contributed by atoms with E-state index in [2.05, 4.69) is 25.6 Å². The number of carbonyl (C=O) groups excluding carboxylic acids is 2. The number of amides is 1. The molecule has 2 heterocycles. The number of hydrogen-bond acceptors (Lipinski definition) is 9. The maximum atomic E-state index is 12.4. The lowest BCUT2D eigenvalue weighted by Gasteiger charge is -2.15. The highest BCUT2D eigenvalue weighted by Crippen LogP contribution is 2.29. The van der Waals surface area contributed by atoms with Crippen LogP contribution in [0.1, 0.15) is 16.8 Å². The lowest BCUT2D eigenvalue weighted by molar-refractivity contribution is -0.108. The van der Waals surface area contributed by atoms with E-state index in [9.17, 15) is 19.5 Å². The van der Waals surface area contributed by atoms with Gasteiger partial charge in [-0.1, -0.05) is 12.1 Å². The number of anilines is 3. The Hall–Kier alpha value is -4.25. The first kappa shape index (κ1) is 21.5. The topological polar surface area (TPSA) is 189 Å². The largest absolute Gasteiger partial charge is 0.506 e. The summed E-state index contributed by atoms with van der Waals surface area (Å²) >= 11 is 0. The Balaban J connectivity index is 1.99. The number of aldehydes is 1. The van der Waals surface area contributed by atoms with Crippen LogP contribution in [0, 0.1) is 0 Å². The zero-order chi connectivity index (χ0) is 22.4. The highest BCUT2D eigenvalue weighted by molar-refractivity contribution is 5.98. The molecular formula is C20H21N7O4. The number of aromatic nitrogens is 3. The monoisotopic (exact) mass is 423 g/mol. The summed E-state index contributed by atoms with van der Waals surface area (Å²) in [6, 6.07) is 9.21. The van der Waals surface area contributed by atoms with E-state index in [0.29, 0.717) is 29.7 Å². The summed E-state index contributed by atoms with van der Waals surface area (Å²) in [4.78, 5) is 46.2. The van der Waals surface area contributed by atoms with Crippen LogP contribution in [-0.2, 0) is 4.79 Å². The maximum Gasteiger partial charge on any atom is 0.267 e. The van der Waals surface area contributed by atoms with Crippen LogP contribution in [0.4, 0.5) is 17.5 Å². The third-order valence-electron chi connectivity index (χ3n) is 4.32. The van der Waals surface area contributed by atoms with E-state index in [1.165, 1.54) is 6.07 Å². The number of H-pyrrole nitrogens is 1. The van der Waals surface area contributed by atoms with Crippen molar-refractivity contribution in [3.63, 3.8) is 0 Å². The van der Waals surface area contributed by atoms with Crippen molar-refractivity contribution in [2.45, 2.75) is 12.5 Å². The minimum atomic E-state index is -0.977. The van der Waals surface area contributed by atoms with Crippen LogP contribution in [0.3, 0.4) is 0 Å². The number of nitrogens with two attached hydrogens (primary N) is 2. The van der Waals surface area contributed by atoms with E-state index in [-0.39, 0.29) is 29.6 Å². The Kier molecular flexibility index (Phi) is 6.58. The third-order valence-corrected chi connectivity index (χ3v) is 4.32. The van der Waals surface area contributed by atoms with Crippen molar-refractivity contribution in [2.24, 2.45) is 11.5 Å². The SMILES string of the molecule is NCCC(C=O)Nc1nc(Nc2cccc(-c3ncccc3O)c2)c(C(N)=O)c(=O)[nH]1.